The standard InChI is InChI=1S/C23H22ClNO4/c1-14-4-6-16(7-5-14)21(26)19-20(15-8-10-17(24)11-9-15)25(23(28)22(19)27)13-18-3-2-12-29-18/h4-11,18,20,26H,2-3,12-13H2,1H3. The summed E-state index contributed by atoms with van der Waals surface area (Å²) in [6.45, 7) is 2.91. The number of ketones is 1. The fourth-order valence-corrected chi connectivity index (χ4v) is 4.06. The second-order valence-corrected chi connectivity index (χ2v) is 7.94. The molecule has 2 atom stereocenters. The Morgan fingerprint density at radius 3 is 2.45 bits per heavy atom. The van der Waals surface area contributed by atoms with E-state index in [9.17, 15) is 14.7 Å². The lowest BCUT2D eigenvalue weighted by molar-refractivity contribution is -0.140. The van der Waals surface area contributed by atoms with Crippen LogP contribution >= 0.6 is 11.6 Å². The van der Waals surface area contributed by atoms with Gasteiger partial charge in [-0.05, 0) is 37.5 Å². The van der Waals surface area contributed by atoms with Crippen molar-refractivity contribution < 1.29 is 19.4 Å². The van der Waals surface area contributed by atoms with E-state index < -0.39 is 17.7 Å². The van der Waals surface area contributed by atoms with E-state index in [1.54, 1.807) is 36.4 Å². The molecule has 0 aromatic heterocycles. The SMILES string of the molecule is Cc1ccc(C(O)=C2C(=O)C(=O)N(CC3CCCO3)C2c2ccc(Cl)cc2)cc1. The third-order valence-corrected chi connectivity index (χ3v) is 5.73. The van der Waals surface area contributed by atoms with Crippen molar-refractivity contribution in [2.45, 2.75) is 31.9 Å². The lowest BCUT2D eigenvalue weighted by Gasteiger charge is -2.27. The van der Waals surface area contributed by atoms with E-state index in [4.69, 9.17) is 16.3 Å². The zero-order chi connectivity index (χ0) is 20.5. The minimum Gasteiger partial charge on any atom is -0.507 e. The van der Waals surface area contributed by atoms with Crippen LogP contribution in [0.1, 0.15) is 35.6 Å². The number of nitrogens with zero attached hydrogens (tertiary/aromatic N) is 1. The van der Waals surface area contributed by atoms with Gasteiger partial charge in [0.2, 0.25) is 0 Å². The molecule has 2 aliphatic heterocycles. The molecule has 2 saturated heterocycles. The summed E-state index contributed by atoms with van der Waals surface area (Å²) in [6.07, 6.45) is 1.67. The van der Waals surface area contributed by atoms with Gasteiger partial charge in [0.05, 0.1) is 17.7 Å². The van der Waals surface area contributed by atoms with Gasteiger partial charge >= 0.3 is 0 Å². The lowest BCUT2D eigenvalue weighted by atomic mass is 9.95. The maximum atomic E-state index is 12.9. The average Bonchev–Trinajstić information content (AvgIpc) is 3.31. The second kappa shape index (κ2) is 8.01. The zero-order valence-corrected chi connectivity index (χ0v) is 16.9. The molecule has 0 saturated carbocycles. The van der Waals surface area contributed by atoms with Crippen LogP contribution in [0.3, 0.4) is 0 Å². The van der Waals surface area contributed by atoms with Gasteiger partial charge in [0.15, 0.2) is 0 Å². The zero-order valence-electron chi connectivity index (χ0n) is 16.1. The van der Waals surface area contributed by atoms with E-state index in [2.05, 4.69) is 0 Å². The first-order valence-electron chi connectivity index (χ1n) is 9.68. The highest BCUT2D eigenvalue weighted by atomic mass is 35.5. The number of aryl methyl sites for hydroxylation is 1. The number of carbonyl (C=O) groups excluding carboxylic acids is 2. The summed E-state index contributed by atoms with van der Waals surface area (Å²) in [7, 11) is 0. The first-order chi connectivity index (χ1) is 14.0. The highest BCUT2D eigenvalue weighted by molar-refractivity contribution is 6.46. The summed E-state index contributed by atoms with van der Waals surface area (Å²) in [5.74, 6) is -1.46. The van der Waals surface area contributed by atoms with Crippen LogP contribution in [0.5, 0.6) is 0 Å². The molecule has 2 fully saturated rings. The number of ether oxygens (including phenoxy) is 1. The maximum Gasteiger partial charge on any atom is 0.295 e. The Labute approximate surface area is 174 Å². The van der Waals surface area contributed by atoms with Crippen LogP contribution in [0, 0.1) is 6.92 Å². The van der Waals surface area contributed by atoms with Crippen molar-refractivity contribution >= 4 is 29.1 Å². The summed E-state index contributed by atoms with van der Waals surface area (Å²) >= 11 is 6.03. The van der Waals surface area contributed by atoms with Crippen molar-refractivity contribution in [1.82, 2.24) is 4.90 Å². The second-order valence-electron chi connectivity index (χ2n) is 7.50. The van der Waals surface area contributed by atoms with E-state index in [0.717, 1.165) is 24.0 Å². The number of carbonyl (C=O) groups is 2. The number of amides is 1. The molecule has 5 nitrogen and oxygen atoms in total. The molecule has 2 aliphatic rings. The normalized spacial score (nSPS) is 23.7. The first-order valence-corrected chi connectivity index (χ1v) is 10.1. The largest absolute Gasteiger partial charge is 0.507 e. The molecule has 2 aromatic carbocycles. The smallest absolute Gasteiger partial charge is 0.295 e. The minimum absolute atomic E-state index is 0.0965. The van der Waals surface area contributed by atoms with Crippen molar-refractivity contribution in [3.8, 4) is 0 Å². The van der Waals surface area contributed by atoms with Crippen molar-refractivity contribution in [2.75, 3.05) is 13.2 Å². The van der Waals surface area contributed by atoms with Crippen molar-refractivity contribution in [1.29, 1.82) is 0 Å². The number of benzene rings is 2. The third-order valence-electron chi connectivity index (χ3n) is 5.48. The van der Waals surface area contributed by atoms with Crippen molar-refractivity contribution in [3.63, 3.8) is 0 Å². The van der Waals surface area contributed by atoms with Gasteiger partial charge in [0.25, 0.3) is 11.7 Å². The Hall–Kier alpha value is -2.63. The van der Waals surface area contributed by atoms with Gasteiger partial charge in [-0.15, -0.1) is 0 Å². The Kier molecular flexibility index (Phi) is 5.43. The molecule has 2 aromatic rings. The molecule has 0 bridgehead atoms. The number of hydrogen-bond acceptors (Lipinski definition) is 4. The van der Waals surface area contributed by atoms with Gasteiger partial charge < -0.3 is 14.7 Å². The van der Waals surface area contributed by atoms with E-state index in [0.29, 0.717) is 23.7 Å². The molecular weight excluding hydrogens is 390 g/mol. The molecule has 0 aliphatic carbocycles. The Balaban J connectivity index is 1.81. The highest BCUT2D eigenvalue weighted by Gasteiger charge is 2.47. The molecule has 29 heavy (non-hydrogen) atoms. The summed E-state index contributed by atoms with van der Waals surface area (Å²) in [5.41, 5.74) is 2.36. The minimum atomic E-state index is -0.683. The molecule has 0 spiro atoms. The van der Waals surface area contributed by atoms with Crippen LogP contribution < -0.4 is 0 Å². The molecule has 4 rings (SSSR count). The Morgan fingerprint density at radius 1 is 1.14 bits per heavy atom. The first kappa shape index (κ1) is 19.7. The highest BCUT2D eigenvalue weighted by Crippen LogP contribution is 2.40. The molecule has 2 unspecified atom stereocenters. The van der Waals surface area contributed by atoms with Crippen LogP contribution in [-0.4, -0.2) is 41.0 Å². The topological polar surface area (TPSA) is 66.8 Å². The van der Waals surface area contributed by atoms with Crippen LogP contribution in [0.2, 0.25) is 5.02 Å². The summed E-state index contributed by atoms with van der Waals surface area (Å²) in [4.78, 5) is 27.4. The number of likely N-dealkylation sites (tertiary alicyclic amines) is 1. The van der Waals surface area contributed by atoms with Gasteiger partial charge in [0, 0.05) is 23.7 Å². The fourth-order valence-electron chi connectivity index (χ4n) is 3.93. The van der Waals surface area contributed by atoms with Crippen molar-refractivity contribution in [3.05, 3.63) is 75.8 Å². The monoisotopic (exact) mass is 411 g/mol. The quantitative estimate of drug-likeness (QED) is 0.464. The average molecular weight is 412 g/mol. The van der Waals surface area contributed by atoms with E-state index in [1.807, 2.05) is 19.1 Å². The Bertz CT molecular complexity index is 959. The molecule has 6 heteroatoms. The van der Waals surface area contributed by atoms with Crippen LogP contribution in [0.25, 0.3) is 5.76 Å². The van der Waals surface area contributed by atoms with E-state index >= 15 is 0 Å². The van der Waals surface area contributed by atoms with Crippen LogP contribution in [0.4, 0.5) is 0 Å². The van der Waals surface area contributed by atoms with Gasteiger partial charge in [-0.1, -0.05) is 53.6 Å². The number of hydrogen-bond donors (Lipinski definition) is 1. The number of aliphatic hydroxyl groups is 1. The van der Waals surface area contributed by atoms with E-state index in [1.165, 1.54) is 4.90 Å². The van der Waals surface area contributed by atoms with Gasteiger partial charge in [-0.2, -0.15) is 0 Å². The van der Waals surface area contributed by atoms with Crippen LogP contribution in [-0.2, 0) is 14.3 Å². The number of halogens is 1. The molecule has 150 valence electrons. The van der Waals surface area contributed by atoms with Gasteiger partial charge in [-0.25, -0.2) is 0 Å². The number of Topliss-reactive ketones (excluding diaryl/α,β-unsaturated/α-hetero) is 1. The summed E-state index contributed by atoms with van der Waals surface area (Å²) < 4.78 is 5.69. The van der Waals surface area contributed by atoms with Crippen molar-refractivity contribution in [2.24, 2.45) is 0 Å². The predicted molar refractivity (Wildman–Crippen MR) is 111 cm³/mol. The number of rotatable bonds is 4. The van der Waals surface area contributed by atoms with Gasteiger partial charge in [-0.3, -0.25) is 9.59 Å². The summed E-state index contributed by atoms with van der Waals surface area (Å²) in [5, 5.41) is 11.5. The molecular formula is C23H22ClNO4. The van der Waals surface area contributed by atoms with Crippen LogP contribution in [0.15, 0.2) is 54.1 Å². The molecule has 2 heterocycles. The predicted octanol–water partition coefficient (Wildman–Crippen LogP) is 4.25. The van der Waals surface area contributed by atoms with E-state index in [-0.39, 0.29) is 17.4 Å². The fraction of sp³-hybridized carbons (Fsp3) is 0.304. The summed E-state index contributed by atoms with van der Waals surface area (Å²) in [6, 6.07) is 13.5. The molecule has 1 N–H and O–H groups in total. The molecule has 1 amide bonds. The molecule has 0 radical (unpaired) electrons. The lowest BCUT2D eigenvalue weighted by Crippen LogP contribution is -2.36. The Morgan fingerprint density at radius 2 is 1.83 bits per heavy atom. The van der Waals surface area contributed by atoms with Gasteiger partial charge in [0.1, 0.15) is 5.76 Å². The third kappa shape index (κ3) is 3.80. The number of aliphatic hydroxyl groups excluding tert-OH is 1. The maximum absolute atomic E-state index is 12.9.